The quantitative estimate of drug-likeness (QED) is 0.353. The summed E-state index contributed by atoms with van der Waals surface area (Å²) < 4.78 is 43.1. The van der Waals surface area contributed by atoms with Gasteiger partial charge in [0.05, 0.1) is 31.5 Å². The Hall–Kier alpha value is -2.32. The summed E-state index contributed by atoms with van der Waals surface area (Å²) in [6.45, 7) is 5.39. The van der Waals surface area contributed by atoms with E-state index in [1.807, 2.05) is 0 Å². The van der Waals surface area contributed by atoms with Gasteiger partial charge in [-0.2, -0.15) is 0 Å². The van der Waals surface area contributed by atoms with Crippen molar-refractivity contribution in [1.82, 2.24) is 4.90 Å². The number of ether oxygens (including phenoxy) is 7. The molecule has 0 radical (unpaired) electrons. The number of carbonyl (C=O) groups excluding carboxylic acids is 2. The van der Waals surface area contributed by atoms with E-state index in [0.717, 1.165) is 19.4 Å². The molecule has 1 aliphatic heterocycles. The highest BCUT2D eigenvalue weighted by Gasteiger charge is 2.91. The molecule has 1 unspecified atom stereocenters. The number of fused-ring (bicyclic) bond motifs is 2. The first-order valence-electron chi connectivity index (χ1n) is 16.8. The van der Waals surface area contributed by atoms with E-state index in [2.05, 4.69) is 11.8 Å². The van der Waals surface area contributed by atoms with Gasteiger partial charge >= 0.3 is 11.9 Å². The highest BCUT2D eigenvalue weighted by Crippen LogP contribution is 2.80. The Bertz CT molecular complexity index is 1390. The zero-order chi connectivity index (χ0) is 33.7. The lowest BCUT2D eigenvalue weighted by molar-refractivity contribution is -0.317. The molecule has 12 heteroatoms. The van der Waals surface area contributed by atoms with Crippen LogP contribution in [0.15, 0.2) is 24.3 Å². The minimum Gasteiger partial charge on any atom is -0.497 e. The highest BCUT2D eigenvalue weighted by atomic mass is 16.6. The van der Waals surface area contributed by atoms with Crippen LogP contribution in [0, 0.1) is 34.5 Å². The lowest BCUT2D eigenvalue weighted by Crippen LogP contribution is -2.80. The third-order valence-corrected chi connectivity index (χ3v) is 13.4. The number of methoxy groups -OCH3 is 5. The molecule has 12 nitrogen and oxygen atoms in total. The maximum Gasteiger partial charge on any atom is 0.338 e. The molecule has 7 bridgehead atoms. The second-order valence-corrected chi connectivity index (χ2v) is 14.7. The van der Waals surface area contributed by atoms with Crippen LogP contribution in [0.2, 0.25) is 0 Å². The first-order chi connectivity index (χ1) is 22.5. The number of nitrogens with zero attached hydrogens (tertiary/aromatic N) is 1. The fourth-order valence-electron chi connectivity index (χ4n) is 12.5. The molecule has 260 valence electrons. The molecule has 0 amide bonds. The molecular formula is C35H49NO11. The molecule has 5 aliphatic carbocycles. The van der Waals surface area contributed by atoms with Crippen LogP contribution in [-0.2, 0) is 33.2 Å². The summed E-state index contributed by atoms with van der Waals surface area (Å²) in [6.07, 6.45) is -2.79. The van der Waals surface area contributed by atoms with E-state index in [0.29, 0.717) is 18.9 Å². The number of rotatable bonds is 10. The summed E-state index contributed by atoms with van der Waals surface area (Å²) in [6, 6.07) is 6.32. The van der Waals surface area contributed by atoms with Crippen molar-refractivity contribution in [1.29, 1.82) is 0 Å². The molecule has 1 aromatic rings. The Kier molecular flexibility index (Phi) is 8.02. The van der Waals surface area contributed by atoms with Gasteiger partial charge in [-0.1, -0.05) is 6.92 Å². The predicted molar refractivity (Wildman–Crippen MR) is 166 cm³/mol. The predicted octanol–water partition coefficient (Wildman–Crippen LogP) is 1.69. The maximum atomic E-state index is 13.9. The first-order valence-corrected chi connectivity index (χ1v) is 16.8. The van der Waals surface area contributed by atoms with E-state index in [1.54, 1.807) is 52.7 Å². The van der Waals surface area contributed by atoms with Crippen LogP contribution in [0.5, 0.6) is 5.75 Å². The molecule has 14 atom stereocenters. The van der Waals surface area contributed by atoms with E-state index >= 15 is 0 Å². The largest absolute Gasteiger partial charge is 0.497 e. The van der Waals surface area contributed by atoms with Gasteiger partial charge in [0, 0.05) is 76.5 Å². The van der Waals surface area contributed by atoms with Gasteiger partial charge in [-0.05, 0) is 56.0 Å². The minimum absolute atomic E-state index is 0.118. The summed E-state index contributed by atoms with van der Waals surface area (Å²) in [5.41, 5.74) is -4.08. The Morgan fingerprint density at radius 2 is 1.72 bits per heavy atom. The number of carbonyl (C=O) groups is 2. The number of aliphatic hydroxyl groups excluding tert-OH is 1. The van der Waals surface area contributed by atoms with Crippen molar-refractivity contribution in [3.8, 4) is 5.75 Å². The van der Waals surface area contributed by atoms with Crippen LogP contribution < -0.4 is 4.74 Å². The standard InChI is InChI=1S/C35H49NO11/c1-8-36-16-32(17-41-3)14-13-22(43-5)34-21-15-33(40)29(46-31(39)19-9-11-20(42-4)12-10-19)23(21)35(47-18(2)37,28(38)30(33)45-7)24(27(34)36)25(44-6)26(32)34/h9-12,21-30,38,40H,8,13-17H2,1-7H3/t21-,22+,23-,24+,25+,26-,27?,28+,29-,30+,32+,33-,34+,35-/m1/s1. The van der Waals surface area contributed by atoms with Crippen molar-refractivity contribution in [2.24, 2.45) is 34.5 Å². The van der Waals surface area contributed by atoms with E-state index in [1.165, 1.54) is 14.0 Å². The number of aliphatic hydroxyl groups is 2. The van der Waals surface area contributed by atoms with Gasteiger partial charge in [0.2, 0.25) is 0 Å². The zero-order valence-corrected chi connectivity index (χ0v) is 28.3. The second-order valence-electron chi connectivity index (χ2n) is 14.7. The molecule has 1 aromatic carbocycles. The number of likely N-dealkylation sites (tertiary alicyclic amines) is 1. The van der Waals surface area contributed by atoms with Crippen LogP contribution in [0.1, 0.15) is 43.5 Å². The molecule has 1 heterocycles. The molecule has 1 saturated heterocycles. The van der Waals surface area contributed by atoms with Gasteiger partial charge in [-0.25, -0.2) is 4.79 Å². The molecule has 0 aromatic heterocycles. The van der Waals surface area contributed by atoms with Gasteiger partial charge < -0.3 is 43.4 Å². The molecule has 2 N–H and O–H groups in total. The lowest BCUT2D eigenvalue weighted by atomic mass is 9.43. The van der Waals surface area contributed by atoms with Crippen LogP contribution in [0.25, 0.3) is 0 Å². The van der Waals surface area contributed by atoms with E-state index in [-0.39, 0.29) is 35.5 Å². The van der Waals surface area contributed by atoms with Gasteiger partial charge in [-0.15, -0.1) is 0 Å². The summed E-state index contributed by atoms with van der Waals surface area (Å²) in [5.74, 6) is -2.51. The first kappa shape index (κ1) is 33.2. The zero-order valence-electron chi connectivity index (χ0n) is 28.3. The SMILES string of the molecule is CCN1C[C@]2(COC)CC[C@H](OC)[C@]34C1[C@H]([C@H](OC)[C@H]23)[C@]1(OC(C)=O)[C@H]2[C@@H](OC(=O)c3ccc(OC)cc3)[C@](O)(C[C@H]24)[C@@H](OC)[C@@H]1O. The summed E-state index contributed by atoms with van der Waals surface area (Å²) in [7, 11) is 8.11. The average molecular weight is 660 g/mol. The smallest absolute Gasteiger partial charge is 0.338 e. The van der Waals surface area contributed by atoms with Crippen molar-refractivity contribution >= 4 is 11.9 Å². The van der Waals surface area contributed by atoms with Crippen LogP contribution in [0.4, 0.5) is 0 Å². The number of esters is 2. The molecule has 6 fully saturated rings. The Labute approximate surface area is 275 Å². The lowest BCUT2D eigenvalue weighted by Gasteiger charge is -2.69. The van der Waals surface area contributed by atoms with Crippen molar-refractivity contribution in [2.75, 3.05) is 55.2 Å². The second kappa shape index (κ2) is 11.4. The van der Waals surface area contributed by atoms with E-state index in [4.69, 9.17) is 33.2 Å². The molecule has 1 spiro atoms. The molecule has 47 heavy (non-hydrogen) atoms. The summed E-state index contributed by atoms with van der Waals surface area (Å²) in [5, 5.41) is 25.4. The van der Waals surface area contributed by atoms with Crippen molar-refractivity contribution in [3.63, 3.8) is 0 Å². The number of piperidine rings is 1. The van der Waals surface area contributed by atoms with Crippen molar-refractivity contribution in [3.05, 3.63) is 29.8 Å². The maximum absolute atomic E-state index is 13.9. The Balaban J connectivity index is 1.48. The van der Waals surface area contributed by atoms with Gasteiger partial charge in [0.25, 0.3) is 0 Å². The fraction of sp³-hybridized carbons (Fsp3) is 0.771. The number of benzene rings is 1. The summed E-state index contributed by atoms with van der Waals surface area (Å²) >= 11 is 0. The Morgan fingerprint density at radius 1 is 1.00 bits per heavy atom. The van der Waals surface area contributed by atoms with Gasteiger partial charge in [-0.3, -0.25) is 9.69 Å². The molecule has 5 saturated carbocycles. The molecule has 7 rings (SSSR count). The minimum atomic E-state index is -1.79. The fourth-order valence-corrected chi connectivity index (χ4v) is 12.5. The topological polar surface area (TPSA) is 142 Å². The third-order valence-electron chi connectivity index (χ3n) is 13.4. The van der Waals surface area contributed by atoms with E-state index < -0.39 is 70.7 Å². The molecular weight excluding hydrogens is 610 g/mol. The number of hydrogen-bond acceptors (Lipinski definition) is 12. The van der Waals surface area contributed by atoms with Crippen LogP contribution >= 0.6 is 0 Å². The monoisotopic (exact) mass is 659 g/mol. The third kappa shape index (κ3) is 3.95. The normalized spacial score (nSPS) is 47.4. The van der Waals surface area contributed by atoms with Crippen LogP contribution in [0.3, 0.4) is 0 Å². The average Bonchev–Trinajstić information content (AvgIpc) is 3.43. The molecule has 6 aliphatic rings. The van der Waals surface area contributed by atoms with Crippen LogP contribution in [-0.4, -0.2) is 130 Å². The van der Waals surface area contributed by atoms with Crippen molar-refractivity contribution < 1.29 is 53.0 Å². The van der Waals surface area contributed by atoms with Gasteiger partial charge in [0.1, 0.15) is 29.7 Å². The van der Waals surface area contributed by atoms with Gasteiger partial charge in [0.15, 0.2) is 5.60 Å². The Morgan fingerprint density at radius 3 is 2.30 bits per heavy atom. The summed E-state index contributed by atoms with van der Waals surface area (Å²) in [4.78, 5) is 29.6. The number of hydrogen-bond donors (Lipinski definition) is 2. The van der Waals surface area contributed by atoms with Crippen molar-refractivity contribution in [2.45, 2.75) is 80.9 Å². The van der Waals surface area contributed by atoms with E-state index in [9.17, 15) is 19.8 Å². The highest BCUT2D eigenvalue weighted by molar-refractivity contribution is 5.89.